The normalized spacial score (nSPS) is 10.0. The second-order valence-electron chi connectivity index (χ2n) is 4.45. The van der Waals surface area contributed by atoms with Gasteiger partial charge in [0.15, 0.2) is 5.57 Å². The van der Waals surface area contributed by atoms with Gasteiger partial charge in [0.25, 0.3) is 0 Å². The predicted molar refractivity (Wildman–Crippen MR) is 86.0 cm³/mol. The standard InChI is InChI=1S/C17H17N5/c1-3-22(4-2)16-7-5-13(6-8-16)9-14(10-18)17(21)15(11-19)12-20/h5-9H,3-4,21H2,1-2H3. The topological polar surface area (TPSA) is 101 Å². The van der Waals surface area contributed by atoms with Crippen LogP contribution in [-0.4, -0.2) is 13.1 Å². The minimum Gasteiger partial charge on any atom is -0.396 e. The van der Waals surface area contributed by atoms with Gasteiger partial charge in [-0.1, -0.05) is 12.1 Å². The molecule has 1 rings (SSSR count). The van der Waals surface area contributed by atoms with Crippen molar-refractivity contribution < 1.29 is 0 Å². The molecule has 0 unspecified atom stereocenters. The summed E-state index contributed by atoms with van der Waals surface area (Å²) in [4.78, 5) is 2.20. The van der Waals surface area contributed by atoms with Crippen molar-refractivity contribution in [2.45, 2.75) is 13.8 Å². The van der Waals surface area contributed by atoms with E-state index in [1.54, 1.807) is 18.2 Å². The summed E-state index contributed by atoms with van der Waals surface area (Å²) in [5, 5.41) is 26.8. The summed E-state index contributed by atoms with van der Waals surface area (Å²) < 4.78 is 0. The van der Waals surface area contributed by atoms with Crippen molar-refractivity contribution >= 4 is 11.8 Å². The van der Waals surface area contributed by atoms with E-state index < -0.39 is 0 Å². The highest BCUT2D eigenvalue weighted by Crippen LogP contribution is 2.18. The highest BCUT2D eigenvalue weighted by molar-refractivity contribution is 5.67. The molecule has 0 radical (unpaired) electrons. The van der Waals surface area contributed by atoms with Gasteiger partial charge in [-0.2, -0.15) is 15.8 Å². The zero-order chi connectivity index (χ0) is 16.5. The number of allylic oxidation sites excluding steroid dienone is 2. The number of nitriles is 3. The van der Waals surface area contributed by atoms with Crippen LogP contribution in [-0.2, 0) is 0 Å². The number of nitrogens with zero attached hydrogens (tertiary/aromatic N) is 4. The van der Waals surface area contributed by atoms with Crippen LogP contribution in [0.5, 0.6) is 0 Å². The van der Waals surface area contributed by atoms with Crippen LogP contribution < -0.4 is 10.6 Å². The summed E-state index contributed by atoms with van der Waals surface area (Å²) in [6, 6.07) is 13.0. The van der Waals surface area contributed by atoms with Gasteiger partial charge in [0.1, 0.15) is 18.2 Å². The van der Waals surface area contributed by atoms with Crippen molar-refractivity contribution in [2.24, 2.45) is 5.73 Å². The van der Waals surface area contributed by atoms with Gasteiger partial charge in [0.05, 0.1) is 11.3 Å². The van der Waals surface area contributed by atoms with Gasteiger partial charge >= 0.3 is 0 Å². The minimum atomic E-state index is -0.257. The summed E-state index contributed by atoms with van der Waals surface area (Å²) >= 11 is 0. The fraction of sp³-hybridized carbons (Fsp3) is 0.235. The third-order valence-corrected chi connectivity index (χ3v) is 3.24. The van der Waals surface area contributed by atoms with E-state index in [0.29, 0.717) is 0 Å². The molecule has 5 heteroatoms. The average Bonchev–Trinajstić information content (AvgIpc) is 2.56. The maximum Gasteiger partial charge on any atom is 0.153 e. The van der Waals surface area contributed by atoms with Crippen molar-refractivity contribution in [1.29, 1.82) is 15.8 Å². The van der Waals surface area contributed by atoms with Crippen molar-refractivity contribution in [2.75, 3.05) is 18.0 Å². The lowest BCUT2D eigenvalue weighted by molar-refractivity contribution is 0.866. The highest BCUT2D eigenvalue weighted by Gasteiger charge is 2.08. The van der Waals surface area contributed by atoms with E-state index in [2.05, 4.69) is 18.7 Å². The van der Waals surface area contributed by atoms with E-state index in [-0.39, 0.29) is 16.8 Å². The molecule has 0 bridgehead atoms. The zero-order valence-electron chi connectivity index (χ0n) is 12.7. The van der Waals surface area contributed by atoms with Gasteiger partial charge in [-0.25, -0.2) is 0 Å². The lowest BCUT2D eigenvalue weighted by atomic mass is 10.1. The van der Waals surface area contributed by atoms with Crippen molar-refractivity contribution in [3.63, 3.8) is 0 Å². The van der Waals surface area contributed by atoms with Gasteiger partial charge in [-0.15, -0.1) is 0 Å². The van der Waals surface area contributed by atoms with Gasteiger partial charge in [-0.3, -0.25) is 0 Å². The molecule has 22 heavy (non-hydrogen) atoms. The van der Waals surface area contributed by atoms with E-state index in [0.717, 1.165) is 24.3 Å². The summed E-state index contributed by atoms with van der Waals surface area (Å²) in [5.41, 5.74) is 7.33. The van der Waals surface area contributed by atoms with Crippen LogP contribution in [0.25, 0.3) is 6.08 Å². The largest absolute Gasteiger partial charge is 0.396 e. The first-order valence-electron chi connectivity index (χ1n) is 6.88. The SMILES string of the molecule is CCN(CC)c1ccc(C=C(C#N)C(N)=C(C#N)C#N)cc1. The van der Waals surface area contributed by atoms with Gasteiger partial charge in [0.2, 0.25) is 0 Å². The Morgan fingerprint density at radius 3 is 2.00 bits per heavy atom. The van der Waals surface area contributed by atoms with Crippen LogP contribution in [0.3, 0.4) is 0 Å². The summed E-state index contributed by atoms with van der Waals surface area (Å²) in [5.74, 6) is 0. The van der Waals surface area contributed by atoms with Crippen LogP contribution in [0.15, 0.2) is 41.1 Å². The molecule has 0 saturated carbocycles. The van der Waals surface area contributed by atoms with E-state index in [1.807, 2.05) is 30.3 Å². The molecule has 2 N–H and O–H groups in total. The van der Waals surface area contributed by atoms with Crippen LogP contribution in [0, 0.1) is 34.0 Å². The Kier molecular flexibility index (Phi) is 6.23. The number of hydrogen-bond donors (Lipinski definition) is 1. The number of nitrogens with two attached hydrogens (primary N) is 1. The monoisotopic (exact) mass is 291 g/mol. The molecule has 0 amide bonds. The van der Waals surface area contributed by atoms with Crippen molar-refractivity contribution in [3.8, 4) is 18.2 Å². The van der Waals surface area contributed by atoms with E-state index in [1.165, 1.54) is 0 Å². The molecule has 0 aromatic heterocycles. The molecule has 0 saturated heterocycles. The Labute approximate surface area is 130 Å². The number of benzene rings is 1. The molecule has 0 aliphatic carbocycles. The lowest BCUT2D eigenvalue weighted by Crippen LogP contribution is -2.21. The van der Waals surface area contributed by atoms with E-state index in [4.69, 9.17) is 21.5 Å². The molecule has 0 spiro atoms. The maximum absolute atomic E-state index is 9.16. The predicted octanol–water partition coefficient (Wildman–Crippen LogP) is 2.70. The maximum atomic E-state index is 9.16. The van der Waals surface area contributed by atoms with Crippen LogP contribution in [0.2, 0.25) is 0 Å². The van der Waals surface area contributed by atoms with Gasteiger partial charge in [0, 0.05) is 18.8 Å². The molecule has 5 nitrogen and oxygen atoms in total. The molecule has 0 aliphatic rings. The Morgan fingerprint density at radius 1 is 1.05 bits per heavy atom. The second kappa shape index (κ2) is 8.15. The average molecular weight is 291 g/mol. The highest BCUT2D eigenvalue weighted by atomic mass is 15.1. The molecular weight excluding hydrogens is 274 g/mol. The number of hydrogen-bond acceptors (Lipinski definition) is 5. The first kappa shape index (κ1) is 16.8. The third-order valence-electron chi connectivity index (χ3n) is 3.24. The molecule has 1 aromatic rings. The fourth-order valence-electron chi connectivity index (χ4n) is 1.99. The van der Waals surface area contributed by atoms with Crippen LogP contribution >= 0.6 is 0 Å². The first-order valence-corrected chi connectivity index (χ1v) is 6.88. The van der Waals surface area contributed by atoms with Crippen LogP contribution in [0.4, 0.5) is 5.69 Å². The number of rotatable bonds is 5. The molecule has 1 aromatic carbocycles. The molecular formula is C17H17N5. The second-order valence-corrected chi connectivity index (χ2v) is 4.45. The summed E-state index contributed by atoms with van der Waals surface area (Å²) in [7, 11) is 0. The molecule has 0 fully saturated rings. The van der Waals surface area contributed by atoms with Crippen molar-refractivity contribution in [3.05, 3.63) is 46.7 Å². The Bertz CT molecular complexity index is 685. The summed E-state index contributed by atoms with van der Waals surface area (Å²) in [6.07, 6.45) is 1.57. The lowest BCUT2D eigenvalue weighted by Gasteiger charge is -2.20. The molecule has 0 heterocycles. The summed E-state index contributed by atoms with van der Waals surface area (Å²) in [6.45, 7) is 6.00. The number of anilines is 1. The Morgan fingerprint density at radius 2 is 1.59 bits per heavy atom. The Hall–Kier alpha value is -3.23. The quantitative estimate of drug-likeness (QED) is 0.664. The van der Waals surface area contributed by atoms with Gasteiger partial charge in [-0.05, 0) is 37.6 Å². The first-order chi connectivity index (χ1) is 10.6. The van der Waals surface area contributed by atoms with Crippen molar-refractivity contribution in [1.82, 2.24) is 0 Å². The molecule has 0 atom stereocenters. The fourth-order valence-corrected chi connectivity index (χ4v) is 1.99. The molecule has 0 aliphatic heterocycles. The smallest absolute Gasteiger partial charge is 0.153 e. The Balaban J connectivity index is 3.17. The van der Waals surface area contributed by atoms with E-state index >= 15 is 0 Å². The van der Waals surface area contributed by atoms with E-state index in [9.17, 15) is 0 Å². The molecule has 110 valence electrons. The zero-order valence-corrected chi connectivity index (χ0v) is 12.7. The minimum absolute atomic E-state index is 0.0969. The van der Waals surface area contributed by atoms with Gasteiger partial charge < -0.3 is 10.6 Å². The van der Waals surface area contributed by atoms with Crippen LogP contribution in [0.1, 0.15) is 19.4 Å². The third kappa shape index (κ3) is 3.88.